The topological polar surface area (TPSA) is 82.7 Å². The third kappa shape index (κ3) is 7.33. The third-order valence-corrected chi connectivity index (χ3v) is 5.12. The Labute approximate surface area is 159 Å². The third-order valence-electron chi connectivity index (χ3n) is 4.04. The summed E-state index contributed by atoms with van der Waals surface area (Å²) < 4.78 is 4.91. The van der Waals surface area contributed by atoms with Gasteiger partial charge in [-0.1, -0.05) is 12.1 Å². The number of piperazine rings is 1. The van der Waals surface area contributed by atoms with Crippen molar-refractivity contribution in [2.24, 2.45) is 0 Å². The lowest BCUT2D eigenvalue weighted by atomic mass is 10.2. The summed E-state index contributed by atoms with van der Waals surface area (Å²) in [6.45, 7) is 6.48. The summed E-state index contributed by atoms with van der Waals surface area (Å²) >= 11 is 1.37. The minimum Gasteiger partial charge on any atom is -0.383 e. The Kier molecular flexibility index (Phi) is 9.47. The summed E-state index contributed by atoms with van der Waals surface area (Å²) in [5.74, 6) is 0.110. The van der Waals surface area contributed by atoms with E-state index in [0.29, 0.717) is 25.3 Å². The SMILES string of the molecule is COCCNC(=O)CSc1ccccc1C(=O)NCCN1CCNCC1. The number of hydrogen-bond acceptors (Lipinski definition) is 6. The number of benzene rings is 1. The van der Waals surface area contributed by atoms with Gasteiger partial charge in [0, 0.05) is 57.8 Å². The Morgan fingerprint density at radius 2 is 1.96 bits per heavy atom. The van der Waals surface area contributed by atoms with Gasteiger partial charge in [0.15, 0.2) is 0 Å². The van der Waals surface area contributed by atoms with E-state index in [1.807, 2.05) is 18.2 Å². The first-order chi connectivity index (χ1) is 12.7. The van der Waals surface area contributed by atoms with Crippen molar-refractivity contribution in [2.45, 2.75) is 4.90 Å². The highest BCUT2D eigenvalue weighted by atomic mass is 32.2. The van der Waals surface area contributed by atoms with E-state index < -0.39 is 0 Å². The monoisotopic (exact) mass is 380 g/mol. The van der Waals surface area contributed by atoms with Gasteiger partial charge in [0.2, 0.25) is 5.91 Å². The van der Waals surface area contributed by atoms with Crippen molar-refractivity contribution < 1.29 is 14.3 Å². The summed E-state index contributed by atoms with van der Waals surface area (Å²) in [6.07, 6.45) is 0. The first-order valence-corrected chi connectivity index (χ1v) is 9.88. The summed E-state index contributed by atoms with van der Waals surface area (Å²) in [6, 6.07) is 7.39. The molecule has 0 aliphatic carbocycles. The number of rotatable bonds is 10. The van der Waals surface area contributed by atoms with Crippen molar-refractivity contribution in [1.29, 1.82) is 0 Å². The standard InChI is InChI=1S/C18H28N4O3S/c1-25-13-9-20-17(23)14-26-16-5-3-2-4-15(16)18(24)21-8-12-22-10-6-19-7-11-22/h2-5,19H,6-14H2,1H3,(H,20,23)(H,21,24). The van der Waals surface area contributed by atoms with Crippen LogP contribution in [-0.4, -0.2) is 82.0 Å². The van der Waals surface area contributed by atoms with Crippen molar-refractivity contribution in [2.75, 3.05) is 65.3 Å². The molecule has 1 heterocycles. The fourth-order valence-corrected chi connectivity index (χ4v) is 3.50. The Hall–Kier alpha value is -1.61. The van der Waals surface area contributed by atoms with Gasteiger partial charge < -0.3 is 20.7 Å². The lowest BCUT2D eigenvalue weighted by Gasteiger charge is -2.27. The second-order valence-corrected chi connectivity index (χ2v) is 6.99. The number of carbonyl (C=O) groups is 2. The van der Waals surface area contributed by atoms with Crippen LogP contribution in [0.5, 0.6) is 0 Å². The van der Waals surface area contributed by atoms with E-state index in [1.165, 1.54) is 11.8 Å². The molecule has 0 aromatic heterocycles. The number of nitrogens with zero attached hydrogens (tertiary/aromatic N) is 1. The molecule has 0 radical (unpaired) electrons. The van der Waals surface area contributed by atoms with Gasteiger partial charge in [-0.15, -0.1) is 11.8 Å². The fraction of sp³-hybridized carbons (Fsp3) is 0.556. The van der Waals surface area contributed by atoms with Gasteiger partial charge in [-0.3, -0.25) is 14.5 Å². The van der Waals surface area contributed by atoms with E-state index >= 15 is 0 Å². The van der Waals surface area contributed by atoms with Gasteiger partial charge in [-0.05, 0) is 12.1 Å². The highest BCUT2D eigenvalue weighted by Gasteiger charge is 2.14. The lowest BCUT2D eigenvalue weighted by molar-refractivity contribution is -0.118. The number of carbonyl (C=O) groups excluding carboxylic acids is 2. The van der Waals surface area contributed by atoms with E-state index in [9.17, 15) is 9.59 Å². The Balaban J connectivity index is 1.78. The predicted molar refractivity (Wildman–Crippen MR) is 104 cm³/mol. The predicted octanol–water partition coefficient (Wildman–Crippen LogP) is 0.176. The molecule has 2 amide bonds. The Bertz CT molecular complexity index is 579. The van der Waals surface area contributed by atoms with E-state index in [1.54, 1.807) is 13.2 Å². The van der Waals surface area contributed by atoms with E-state index in [-0.39, 0.29) is 17.6 Å². The summed E-state index contributed by atoms with van der Waals surface area (Å²) in [5, 5.41) is 9.08. The zero-order chi connectivity index (χ0) is 18.6. The number of methoxy groups -OCH3 is 1. The molecule has 1 aromatic rings. The van der Waals surface area contributed by atoms with E-state index in [0.717, 1.165) is 37.6 Å². The van der Waals surface area contributed by atoms with Gasteiger partial charge in [0.05, 0.1) is 17.9 Å². The molecular formula is C18H28N4O3S. The molecule has 2 rings (SSSR count). The molecule has 1 aliphatic heterocycles. The Morgan fingerprint density at radius 1 is 1.19 bits per heavy atom. The number of thioether (sulfide) groups is 1. The van der Waals surface area contributed by atoms with Gasteiger partial charge >= 0.3 is 0 Å². The molecule has 0 atom stereocenters. The molecule has 1 saturated heterocycles. The van der Waals surface area contributed by atoms with Crippen LogP contribution in [0.1, 0.15) is 10.4 Å². The smallest absolute Gasteiger partial charge is 0.252 e. The zero-order valence-electron chi connectivity index (χ0n) is 15.3. The van der Waals surface area contributed by atoms with Crippen molar-refractivity contribution in [1.82, 2.24) is 20.9 Å². The highest BCUT2D eigenvalue weighted by Crippen LogP contribution is 2.22. The maximum atomic E-state index is 12.5. The molecule has 0 unspecified atom stereocenters. The van der Waals surface area contributed by atoms with Gasteiger partial charge in [0.25, 0.3) is 5.91 Å². The van der Waals surface area contributed by atoms with Gasteiger partial charge in [-0.25, -0.2) is 0 Å². The molecule has 0 saturated carbocycles. The van der Waals surface area contributed by atoms with Crippen LogP contribution >= 0.6 is 11.8 Å². The molecule has 144 valence electrons. The summed E-state index contributed by atoms with van der Waals surface area (Å²) in [7, 11) is 1.60. The average molecular weight is 381 g/mol. The largest absolute Gasteiger partial charge is 0.383 e. The second kappa shape index (κ2) is 11.9. The van der Waals surface area contributed by atoms with Gasteiger partial charge in [0.1, 0.15) is 0 Å². The van der Waals surface area contributed by atoms with Crippen molar-refractivity contribution >= 4 is 23.6 Å². The van der Waals surface area contributed by atoms with Gasteiger partial charge in [-0.2, -0.15) is 0 Å². The molecule has 1 fully saturated rings. The molecule has 3 N–H and O–H groups in total. The van der Waals surface area contributed by atoms with E-state index in [2.05, 4.69) is 20.9 Å². The number of ether oxygens (including phenoxy) is 1. The average Bonchev–Trinajstić information content (AvgIpc) is 2.67. The Morgan fingerprint density at radius 3 is 2.73 bits per heavy atom. The van der Waals surface area contributed by atoms with Crippen LogP contribution in [0, 0.1) is 0 Å². The first kappa shape index (κ1) is 20.7. The van der Waals surface area contributed by atoms with Crippen molar-refractivity contribution in [3.63, 3.8) is 0 Å². The maximum absolute atomic E-state index is 12.5. The molecule has 7 nitrogen and oxygen atoms in total. The van der Waals surface area contributed by atoms with Crippen LogP contribution < -0.4 is 16.0 Å². The van der Waals surface area contributed by atoms with Crippen molar-refractivity contribution in [3.05, 3.63) is 29.8 Å². The van der Waals surface area contributed by atoms with Crippen LogP contribution in [0.25, 0.3) is 0 Å². The number of hydrogen-bond donors (Lipinski definition) is 3. The lowest BCUT2D eigenvalue weighted by Crippen LogP contribution is -2.46. The second-order valence-electron chi connectivity index (χ2n) is 5.98. The molecule has 0 spiro atoms. The number of nitrogens with one attached hydrogen (secondary N) is 3. The number of amides is 2. The van der Waals surface area contributed by atoms with E-state index in [4.69, 9.17) is 4.74 Å². The molecular weight excluding hydrogens is 352 g/mol. The molecule has 8 heteroatoms. The van der Waals surface area contributed by atoms with Crippen LogP contribution in [0.2, 0.25) is 0 Å². The van der Waals surface area contributed by atoms with Crippen LogP contribution in [-0.2, 0) is 9.53 Å². The molecule has 1 aromatic carbocycles. The zero-order valence-corrected chi connectivity index (χ0v) is 16.1. The van der Waals surface area contributed by atoms with Crippen LogP contribution in [0.4, 0.5) is 0 Å². The fourth-order valence-electron chi connectivity index (χ4n) is 2.62. The summed E-state index contributed by atoms with van der Waals surface area (Å²) in [5.41, 5.74) is 0.613. The maximum Gasteiger partial charge on any atom is 0.252 e. The first-order valence-electron chi connectivity index (χ1n) is 8.89. The van der Waals surface area contributed by atoms with Crippen molar-refractivity contribution in [3.8, 4) is 0 Å². The highest BCUT2D eigenvalue weighted by molar-refractivity contribution is 8.00. The van der Waals surface area contributed by atoms with Crippen LogP contribution in [0.15, 0.2) is 29.2 Å². The van der Waals surface area contributed by atoms with Crippen LogP contribution in [0.3, 0.4) is 0 Å². The molecule has 0 bridgehead atoms. The minimum absolute atomic E-state index is 0.0685. The quantitative estimate of drug-likeness (QED) is 0.397. The normalized spacial score (nSPS) is 14.8. The minimum atomic E-state index is -0.0944. The molecule has 26 heavy (non-hydrogen) atoms. The molecule has 1 aliphatic rings. The summed E-state index contributed by atoms with van der Waals surface area (Å²) in [4.78, 5) is 27.5.